The van der Waals surface area contributed by atoms with E-state index < -0.39 is 6.10 Å². The molecule has 1 fully saturated rings. The molecule has 0 spiro atoms. The largest absolute Gasteiger partial charge is 0.491 e. The molecule has 0 radical (unpaired) electrons. The van der Waals surface area contributed by atoms with Gasteiger partial charge in [0.1, 0.15) is 18.5 Å². The normalized spacial score (nSPS) is 26.5. The second kappa shape index (κ2) is 6.96. The maximum Gasteiger partial charge on any atom is 0.125 e. The van der Waals surface area contributed by atoms with Crippen LogP contribution >= 0.6 is 0 Å². The van der Waals surface area contributed by atoms with Crippen LogP contribution in [0.1, 0.15) is 24.2 Å². The molecule has 1 aromatic carbocycles. The Morgan fingerprint density at radius 2 is 2.00 bits per heavy atom. The van der Waals surface area contributed by atoms with Gasteiger partial charge in [-0.2, -0.15) is 0 Å². The lowest BCUT2D eigenvalue weighted by molar-refractivity contribution is -0.0187. The second-order valence-electron chi connectivity index (χ2n) is 6.15. The van der Waals surface area contributed by atoms with E-state index in [0.29, 0.717) is 6.61 Å². The number of aliphatic hydroxyl groups excluding tert-OH is 2. The molecule has 22 heavy (non-hydrogen) atoms. The quantitative estimate of drug-likeness (QED) is 0.855. The first-order valence-electron chi connectivity index (χ1n) is 8.24. The van der Waals surface area contributed by atoms with Crippen LogP contribution in [-0.2, 0) is 6.42 Å². The van der Waals surface area contributed by atoms with E-state index in [1.54, 1.807) is 0 Å². The number of aliphatic hydroxyl groups is 2. The van der Waals surface area contributed by atoms with Crippen LogP contribution in [-0.4, -0.2) is 72.0 Å². The number of ether oxygens (including phenoxy) is 1. The molecule has 5 nitrogen and oxygen atoms in total. The van der Waals surface area contributed by atoms with Crippen molar-refractivity contribution >= 4 is 0 Å². The van der Waals surface area contributed by atoms with E-state index in [1.807, 2.05) is 6.07 Å². The molecule has 5 heteroatoms. The molecule has 2 unspecified atom stereocenters. The third-order valence-electron chi connectivity index (χ3n) is 4.87. The minimum absolute atomic E-state index is 0.0240. The number of piperazine rings is 1. The van der Waals surface area contributed by atoms with Crippen molar-refractivity contribution in [3.63, 3.8) is 0 Å². The monoisotopic (exact) mass is 306 g/mol. The Balaban J connectivity index is 1.69. The van der Waals surface area contributed by atoms with Gasteiger partial charge < -0.3 is 14.9 Å². The van der Waals surface area contributed by atoms with Crippen LogP contribution in [0, 0.1) is 0 Å². The van der Waals surface area contributed by atoms with Crippen molar-refractivity contribution in [1.82, 2.24) is 9.80 Å². The van der Waals surface area contributed by atoms with E-state index in [2.05, 4.69) is 28.9 Å². The highest BCUT2D eigenvalue weighted by Crippen LogP contribution is 2.35. The molecule has 2 N–H and O–H groups in total. The number of aryl methyl sites for hydroxylation is 1. The van der Waals surface area contributed by atoms with Crippen molar-refractivity contribution < 1.29 is 14.9 Å². The summed E-state index contributed by atoms with van der Waals surface area (Å²) in [6.07, 6.45) is 0.476. The average Bonchev–Trinajstić information content (AvgIpc) is 2.56. The Kier molecular flexibility index (Phi) is 4.98. The van der Waals surface area contributed by atoms with Crippen molar-refractivity contribution in [2.75, 3.05) is 45.9 Å². The molecular formula is C17H26N2O3. The van der Waals surface area contributed by atoms with Crippen molar-refractivity contribution in [1.29, 1.82) is 0 Å². The summed E-state index contributed by atoms with van der Waals surface area (Å²) >= 11 is 0. The van der Waals surface area contributed by atoms with Gasteiger partial charge in [-0.25, -0.2) is 0 Å². The predicted molar refractivity (Wildman–Crippen MR) is 85.2 cm³/mol. The summed E-state index contributed by atoms with van der Waals surface area (Å²) in [6, 6.07) is 6.15. The van der Waals surface area contributed by atoms with Gasteiger partial charge in [-0.3, -0.25) is 9.80 Å². The average molecular weight is 306 g/mol. The van der Waals surface area contributed by atoms with Crippen LogP contribution in [0.5, 0.6) is 5.75 Å². The van der Waals surface area contributed by atoms with Gasteiger partial charge in [0, 0.05) is 38.3 Å². The Morgan fingerprint density at radius 1 is 1.23 bits per heavy atom. The lowest BCUT2D eigenvalue weighted by Gasteiger charge is -2.42. The molecule has 3 rings (SSSR count). The van der Waals surface area contributed by atoms with E-state index >= 15 is 0 Å². The third-order valence-corrected chi connectivity index (χ3v) is 4.87. The fourth-order valence-corrected chi connectivity index (χ4v) is 3.42. The summed E-state index contributed by atoms with van der Waals surface area (Å²) in [6.45, 7) is 7.30. The third kappa shape index (κ3) is 3.13. The standard InChI is InChI=1S/C17H26N2O3/c1-2-13-3-4-16-14(11-13)17(21)15(12-22-16)19-7-5-18(6-8-19)9-10-20/h3-4,11,15,17,20-21H,2,5-10,12H2,1H3. The van der Waals surface area contributed by atoms with Crippen LogP contribution in [0.25, 0.3) is 0 Å². The molecule has 0 bridgehead atoms. The summed E-state index contributed by atoms with van der Waals surface area (Å²) in [5.74, 6) is 0.819. The van der Waals surface area contributed by atoms with E-state index in [0.717, 1.165) is 50.5 Å². The van der Waals surface area contributed by atoms with Crippen molar-refractivity contribution in [2.24, 2.45) is 0 Å². The van der Waals surface area contributed by atoms with Gasteiger partial charge in [0.25, 0.3) is 0 Å². The molecule has 2 atom stereocenters. The summed E-state index contributed by atoms with van der Waals surface area (Å²) in [5, 5.41) is 19.8. The van der Waals surface area contributed by atoms with Gasteiger partial charge in [-0.1, -0.05) is 13.0 Å². The van der Waals surface area contributed by atoms with Gasteiger partial charge >= 0.3 is 0 Å². The van der Waals surface area contributed by atoms with Gasteiger partial charge in [-0.05, 0) is 24.1 Å². The Morgan fingerprint density at radius 3 is 2.68 bits per heavy atom. The topological polar surface area (TPSA) is 56.2 Å². The number of hydrogen-bond acceptors (Lipinski definition) is 5. The molecule has 2 heterocycles. The summed E-state index contributed by atoms with van der Waals surface area (Å²) in [7, 11) is 0. The fraction of sp³-hybridized carbons (Fsp3) is 0.647. The molecule has 1 aromatic rings. The molecule has 0 aliphatic carbocycles. The van der Waals surface area contributed by atoms with Crippen molar-refractivity contribution in [3.05, 3.63) is 29.3 Å². The molecule has 2 aliphatic heterocycles. The number of nitrogens with zero attached hydrogens (tertiary/aromatic N) is 2. The van der Waals surface area contributed by atoms with E-state index in [4.69, 9.17) is 9.84 Å². The Bertz CT molecular complexity index is 501. The highest BCUT2D eigenvalue weighted by molar-refractivity contribution is 5.41. The first-order chi connectivity index (χ1) is 10.7. The molecule has 2 aliphatic rings. The zero-order valence-corrected chi connectivity index (χ0v) is 13.2. The Hall–Kier alpha value is -1.14. The second-order valence-corrected chi connectivity index (χ2v) is 6.15. The van der Waals surface area contributed by atoms with Crippen molar-refractivity contribution in [2.45, 2.75) is 25.5 Å². The number of benzene rings is 1. The molecule has 1 saturated heterocycles. The minimum Gasteiger partial charge on any atom is -0.491 e. The summed E-state index contributed by atoms with van der Waals surface area (Å²) < 4.78 is 5.88. The van der Waals surface area contributed by atoms with Crippen LogP contribution in [0.2, 0.25) is 0 Å². The smallest absolute Gasteiger partial charge is 0.125 e. The fourth-order valence-electron chi connectivity index (χ4n) is 3.42. The molecule has 0 aromatic heterocycles. The van der Waals surface area contributed by atoms with Crippen molar-refractivity contribution in [3.8, 4) is 5.75 Å². The number of β-amino-alcohol motifs (C(OH)–C–C–N with tert-alkyl or cyclic N) is 1. The SMILES string of the molecule is CCc1ccc2c(c1)C(O)C(N1CCN(CCO)CC1)CO2. The zero-order chi connectivity index (χ0) is 15.5. The van der Waals surface area contributed by atoms with Crippen LogP contribution in [0.3, 0.4) is 0 Å². The number of fused-ring (bicyclic) bond motifs is 1. The van der Waals surface area contributed by atoms with E-state index in [1.165, 1.54) is 5.56 Å². The van der Waals surface area contributed by atoms with Gasteiger partial charge in [0.05, 0.1) is 12.6 Å². The van der Waals surface area contributed by atoms with E-state index in [-0.39, 0.29) is 12.6 Å². The van der Waals surface area contributed by atoms with Crippen LogP contribution in [0.15, 0.2) is 18.2 Å². The number of hydrogen-bond donors (Lipinski definition) is 2. The minimum atomic E-state index is -0.486. The summed E-state index contributed by atoms with van der Waals surface area (Å²) in [5.41, 5.74) is 2.16. The van der Waals surface area contributed by atoms with Gasteiger partial charge in [0.2, 0.25) is 0 Å². The van der Waals surface area contributed by atoms with Gasteiger partial charge in [0.15, 0.2) is 0 Å². The molecule has 0 amide bonds. The maximum absolute atomic E-state index is 10.8. The summed E-state index contributed by atoms with van der Waals surface area (Å²) in [4.78, 5) is 4.58. The molecular weight excluding hydrogens is 280 g/mol. The molecule has 122 valence electrons. The van der Waals surface area contributed by atoms with Crippen LogP contribution in [0.4, 0.5) is 0 Å². The first kappa shape index (κ1) is 15.7. The first-order valence-corrected chi connectivity index (χ1v) is 8.24. The highest BCUT2D eigenvalue weighted by atomic mass is 16.5. The van der Waals surface area contributed by atoms with Crippen LogP contribution < -0.4 is 4.74 Å². The predicted octanol–water partition coefficient (Wildman–Crippen LogP) is 0.653. The lowest BCUT2D eigenvalue weighted by Crippen LogP contribution is -2.54. The van der Waals surface area contributed by atoms with Gasteiger partial charge in [-0.15, -0.1) is 0 Å². The zero-order valence-electron chi connectivity index (χ0n) is 13.2. The van der Waals surface area contributed by atoms with E-state index in [9.17, 15) is 5.11 Å². The lowest BCUT2D eigenvalue weighted by atomic mass is 9.95. The Labute approximate surface area is 132 Å². The highest BCUT2D eigenvalue weighted by Gasteiger charge is 2.35. The molecule has 0 saturated carbocycles. The number of rotatable bonds is 4. The maximum atomic E-state index is 10.8.